The monoisotopic (exact) mass is 157 g/mol. The highest BCUT2D eigenvalue weighted by Crippen LogP contribution is 1.90. The summed E-state index contributed by atoms with van der Waals surface area (Å²) in [6, 6.07) is 0. The molecule has 0 aliphatic heterocycles. The molecule has 3 nitrogen and oxygen atoms in total. The molecule has 64 valence electrons. The van der Waals surface area contributed by atoms with Crippen LogP contribution in [0.2, 0.25) is 0 Å². The normalized spacial score (nSPS) is 10.3. The summed E-state index contributed by atoms with van der Waals surface area (Å²) in [5.41, 5.74) is 0. The van der Waals surface area contributed by atoms with Crippen molar-refractivity contribution < 1.29 is 9.90 Å². The quantitative estimate of drug-likeness (QED) is 0.452. The minimum absolute atomic E-state index is 0.859. The fourth-order valence-electron chi connectivity index (χ4n) is 0.691. The molecule has 0 aromatic carbocycles. The van der Waals surface area contributed by atoms with E-state index in [1.807, 2.05) is 0 Å². The first-order valence-corrected chi connectivity index (χ1v) is 3.90. The van der Waals surface area contributed by atoms with E-state index in [-0.39, 0.29) is 0 Å². The maximum Gasteiger partial charge on any atom is 0.329 e. The van der Waals surface area contributed by atoms with Gasteiger partial charge in [-0.05, 0) is 6.42 Å². The van der Waals surface area contributed by atoms with Crippen molar-refractivity contribution in [3.63, 3.8) is 0 Å². The molecule has 0 aliphatic carbocycles. The van der Waals surface area contributed by atoms with E-state index in [0.717, 1.165) is 19.0 Å². The summed E-state index contributed by atoms with van der Waals surface area (Å²) < 4.78 is 0. The second-order valence-corrected chi connectivity index (χ2v) is 2.33. The Morgan fingerprint density at radius 2 is 2.27 bits per heavy atom. The second kappa shape index (κ2) is 7.12. The van der Waals surface area contributed by atoms with E-state index in [1.165, 1.54) is 19.0 Å². The highest BCUT2D eigenvalue weighted by atomic mass is 16.4. The Labute approximate surface area is 67.1 Å². The zero-order chi connectivity index (χ0) is 8.53. The van der Waals surface area contributed by atoms with Crippen LogP contribution in [-0.4, -0.2) is 17.6 Å². The third kappa shape index (κ3) is 9.01. The van der Waals surface area contributed by atoms with Gasteiger partial charge in [0.1, 0.15) is 0 Å². The summed E-state index contributed by atoms with van der Waals surface area (Å²) in [5.74, 6) is -0.909. The van der Waals surface area contributed by atoms with Gasteiger partial charge in [0.2, 0.25) is 0 Å². The van der Waals surface area contributed by atoms with E-state index in [9.17, 15) is 4.79 Å². The predicted molar refractivity (Wildman–Crippen MR) is 44.3 cm³/mol. The zero-order valence-electron chi connectivity index (χ0n) is 6.84. The Bertz CT molecular complexity index is 132. The fourth-order valence-corrected chi connectivity index (χ4v) is 0.691. The summed E-state index contributed by atoms with van der Waals surface area (Å²) in [7, 11) is 0. The SMILES string of the molecule is CCCCCNC=CC(=O)O. The van der Waals surface area contributed by atoms with Crippen molar-refractivity contribution >= 4 is 5.97 Å². The molecule has 0 heterocycles. The Balaban J connectivity index is 3.07. The average molecular weight is 157 g/mol. The summed E-state index contributed by atoms with van der Waals surface area (Å²) in [5, 5.41) is 11.1. The minimum atomic E-state index is -0.909. The molecule has 2 N–H and O–H groups in total. The van der Waals surface area contributed by atoms with Gasteiger partial charge in [-0.3, -0.25) is 0 Å². The van der Waals surface area contributed by atoms with Gasteiger partial charge in [-0.25, -0.2) is 4.79 Å². The van der Waals surface area contributed by atoms with Gasteiger partial charge < -0.3 is 10.4 Å². The van der Waals surface area contributed by atoms with Crippen LogP contribution in [0.5, 0.6) is 0 Å². The van der Waals surface area contributed by atoms with E-state index >= 15 is 0 Å². The Kier molecular flexibility index (Phi) is 6.48. The largest absolute Gasteiger partial charge is 0.478 e. The molecule has 11 heavy (non-hydrogen) atoms. The van der Waals surface area contributed by atoms with Crippen molar-refractivity contribution in [3.05, 3.63) is 12.3 Å². The molecule has 0 atom stereocenters. The van der Waals surface area contributed by atoms with Gasteiger partial charge in [-0.15, -0.1) is 0 Å². The lowest BCUT2D eigenvalue weighted by Gasteiger charge is -1.97. The molecule has 0 fully saturated rings. The van der Waals surface area contributed by atoms with Crippen LogP contribution in [0.4, 0.5) is 0 Å². The smallest absolute Gasteiger partial charge is 0.329 e. The van der Waals surface area contributed by atoms with Crippen molar-refractivity contribution in [1.29, 1.82) is 0 Å². The number of nitrogens with one attached hydrogen (secondary N) is 1. The van der Waals surface area contributed by atoms with Crippen molar-refractivity contribution in [2.75, 3.05) is 6.54 Å². The van der Waals surface area contributed by atoms with Crippen molar-refractivity contribution in [1.82, 2.24) is 5.32 Å². The molecule has 0 saturated heterocycles. The number of hydrogen-bond donors (Lipinski definition) is 2. The van der Waals surface area contributed by atoms with Crippen LogP contribution in [0, 0.1) is 0 Å². The Hall–Kier alpha value is -0.990. The minimum Gasteiger partial charge on any atom is -0.478 e. The van der Waals surface area contributed by atoms with Gasteiger partial charge in [-0.1, -0.05) is 19.8 Å². The van der Waals surface area contributed by atoms with Gasteiger partial charge in [0.15, 0.2) is 0 Å². The predicted octanol–water partition coefficient (Wildman–Crippen LogP) is 1.36. The number of carboxylic acid groups (broad SMARTS) is 1. The molecule has 0 aromatic rings. The number of unbranched alkanes of at least 4 members (excludes halogenated alkanes) is 2. The van der Waals surface area contributed by atoms with Crippen LogP contribution in [-0.2, 0) is 4.79 Å². The molecular weight excluding hydrogens is 142 g/mol. The molecule has 0 aliphatic rings. The highest BCUT2D eigenvalue weighted by molar-refractivity contribution is 5.79. The standard InChI is InChI=1S/C8H15NO2/c1-2-3-4-6-9-7-5-8(10)11/h5,7,9H,2-4,6H2,1H3,(H,10,11). The Morgan fingerprint density at radius 3 is 2.82 bits per heavy atom. The summed E-state index contributed by atoms with van der Waals surface area (Å²) in [6.07, 6.45) is 6.04. The molecule has 0 aromatic heterocycles. The first-order chi connectivity index (χ1) is 5.27. The second-order valence-electron chi connectivity index (χ2n) is 2.33. The molecule has 3 heteroatoms. The van der Waals surface area contributed by atoms with E-state index in [2.05, 4.69) is 12.2 Å². The molecule has 0 saturated carbocycles. The lowest BCUT2D eigenvalue weighted by atomic mass is 10.2. The lowest BCUT2D eigenvalue weighted by molar-refractivity contribution is -0.131. The molecule has 0 rings (SSSR count). The van der Waals surface area contributed by atoms with Gasteiger partial charge in [0.05, 0.1) is 0 Å². The van der Waals surface area contributed by atoms with Crippen LogP contribution < -0.4 is 5.32 Å². The van der Waals surface area contributed by atoms with Crippen LogP contribution in [0.25, 0.3) is 0 Å². The lowest BCUT2D eigenvalue weighted by Crippen LogP contribution is -2.07. The van der Waals surface area contributed by atoms with E-state index in [1.54, 1.807) is 0 Å². The van der Waals surface area contributed by atoms with Crippen LogP contribution in [0.15, 0.2) is 12.3 Å². The zero-order valence-corrected chi connectivity index (χ0v) is 6.84. The maximum atomic E-state index is 9.96. The van der Waals surface area contributed by atoms with E-state index in [4.69, 9.17) is 5.11 Å². The fraction of sp³-hybridized carbons (Fsp3) is 0.625. The number of hydrogen-bond acceptors (Lipinski definition) is 2. The van der Waals surface area contributed by atoms with Crippen molar-refractivity contribution in [2.24, 2.45) is 0 Å². The third-order valence-electron chi connectivity index (χ3n) is 1.27. The molecular formula is C8H15NO2. The summed E-state index contributed by atoms with van der Waals surface area (Å²) in [4.78, 5) is 9.96. The van der Waals surface area contributed by atoms with Gasteiger partial charge in [-0.2, -0.15) is 0 Å². The number of carbonyl (C=O) groups is 1. The number of aliphatic carboxylic acids is 1. The topological polar surface area (TPSA) is 49.3 Å². The van der Waals surface area contributed by atoms with Crippen LogP contribution in [0.3, 0.4) is 0 Å². The number of rotatable bonds is 6. The molecule has 0 unspecified atom stereocenters. The Morgan fingerprint density at radius 1 is 1.55 bits per heavy atom. The van der Waals surface area contributed by atoms with Crippen molar-refractivity contribution in [2.45, 2.75) is 26.2 Å². The van der Waals surface area contributed by atoms with Gasteiger partial charge >= 0.3 is 5.97 Å². The first-order valence-electron chi connectivity index (χ1n) is 3.90. The average Bonchev–Trinajstić information content (AvgIpc) is 1.96. The molecule has 0 bridgehead atoms. The maximum absolute atomic E-state index is 9.96. The summed E-state index contributed by atoms with van der Waals surface area (Å²) >= 11 is 0. The molecule has 0 radical (unpaired) electrons. The molecule has 0 amide bonds. The van der Waals surface area contributed by atoms with Gasteiger partial charge in [0.25, 0.3) is 0 Å². The molecule has 0 spiro atoms. The summed E-state index contributed by atoms with van der Waals surface area (Å²) in [6.45, 7) is 2.99. The van der Waals surface area contributed by atoms with E-state index < -0.39 is 5.97 Å². The first kappa shape index (κ1) is 10.0. The third-order valence-corrected chi connectivity index (χ3v) is 1.27. The van der Waals surface area contributed by atoms with Crippen molar-refractivity contribution in [3.8, 4) is 0 Å². The number of carboxylic acids is 1. The van der Waals surface area contributed by atoms with Gasteiger partial charge in [0, 0.05) is 18.8 Å². The van der Waals surface area contributed by atoms with E-state index in [0.29, 0.717) is 0 Å². The van der Waals surface area contributed by atoms with Crippen LogP contribution in [0.1, 0.15) is 26.2 Å². The highest BCUT2D eigenvalue weighted by Gasteiger charge is 1.84. The van der Waals surface area contributed by atoms with Crippen LogP contribution >= 0.6 is 0 Å².